The van der Waals surface area contributed by atoms with Crippen LogP contribution in [0.5, 0.6) is 0 Å². The van der Waals surface area contributed by atoms with Crippen LogP contribution < -0.4 is 11.2 Å². The van der Waals surface area contributed by atoms with Crippen LogP contribution in [0.3, 0.4) is 0 Å². The highest BCUT2D eigenvalue weighted by Gasteiger charge is 2.54. The van der Waals surface area contributed by atoms with E-state index in [1.807, 2.05) is 0 Å². The third kappa shape index (κ3) is 2.36. The van der Waals surface area contributed by atoms with Gasteiger partial charge < -0.3 is 20.1 Å². The number of rotatable bonds is 2. The van der Waals surface area contributed by atoms with Crippen molar-refractivity contribution >= 4 is 22.6 Å². The van der Waals surface area contributed by atoms with Gasteiger partial charge in [0.15, 0.2) is 9.84 Å². The summed E-state index contributed by atoms with van der Waals surface area (Å²) in [7, 11) is 0. The quantitative estimate of drug-likeness (QED) is 0.353. The Morgan fingerprint density at radius 3 is 2.74 bits per heavy atom. The van der Waals surface area contributed by atoms with E-state index in [-0.39, 0.29) is 5.56 Å². The summed E-state index contributed by atoms with van der Waals surface area (Å²) in [5, 5.41) is 29.2. The Bertz CT molecular complexity index is 594. The Kier molecular flexibility index (Phi) is 3.84. The Balaban J connectivity index is 2.47. The molecule has 0 aliphatic carbocycles. The van der Waals surface area contributed by atoms with Gasteiger partial charge >= 0.3 is 5.69 Å². The van der Waals surface area contributed by atoms with Crippen molar-refractivity contribution < 1.29 is 20.1 Å². The molecule has 106 valence electrons. The first kappa shape index (κ1) is 14.7. The van der Waals surface area contributed by atoms with Crippen molar-refractivity contribution in [1.82, 2.24) is 9.55 Å². The highest BCUT2D eigenvalue weighted by Crippen LogP contribution is 2.40. The van der Waals surface area contributed by atoms with E-state index >= 15 is 0 Å². The zero-order valence-electron chi connectivity index (χ0n) is 9.91. The summed E-state index contributed by atoms with van der Waals surface area (Å²) in [6.07, 6.45) is -2.40. The molecule has 0 radical (unpaired) electrons. The number of hydrogen-bond donors (Lipinski definition) is 4. The minimum absolute atomic E-state index is 0.264. The molecule has 0 unspecified atom stereocenters. The molecular weight excluding hydrogens is 371 g/mol. The van der Waals surface area contributed by atoms with Crippen LogP contribution in [-0.4, -0.2) is 47.3 Å². The maximum atomic E-state index is 11.7. The number of alkyl halides is 1. The number of halogens is 1. The van der Waals surface area contributed by atoms with Crippen LogP contribution in [-0.2, 0) is 4.74 Å². The van der Waals surface area contributed by atoms with Crippen LogP contribution >= 0.6 is 22.6 Å². The first-order chi connectivity index (χ1) is 8.78. The van der Waals surface area contributed by atoms with Crippen molar-refractivity contribution in [2.45, 2.75) is 29.0 Å². The number of nitrogens with zero attached hydrogens (tertiary/aromatic N) is 1. The maximum absolute atomic E-state index is 11.7. The Labute approximate surface area is 120 Å². The van der Waals surface area contributed by atoms with Gasteiger partial charge in [-0.05, 0) is 29.5 Å². The summed E-state index contributed by atoms with van der Waals surface area (Å²) in [4.78, 5) is 25.1. The number of ether oxygens (including phenoxy) is 1. The van der Waals surface area contributed by atoms with Gasteiger partial charge in [-0.1, -0.05) is 0 Å². The molecule has 9 heteroatoms. The predicted octanol–water partition coefficient (Wildman–Crippen LogP) is -1.78. The highest BCUT2D eigenvalue weighted by atomic mass is 127. The molecule has 4 N–H and O–H groups in total. The molecule has 4 atom stereocenters. The molecule has 1 aliphatic heterocycles. The van der Waals surface area contributed by atoms with Crippen molar-refractivity contribution in [2.24, 2.45) is 0 Å². The van der Waals surface area contributed by atoms with Crippen LogP contribution in [0.2, 0.25) is 0 Å². The van der Waals surface area contributed by atoms with E-state index in [2.05, 4.69) is 4.98 Å². The largest absolute Gasteiger partial charge is 0.394 e. The second kappa shape index (κ2) is 4.98. The molecule has 0 aromatic carbocycles. The molecule has 1 aromatic heterocycles. The molecule has 0 bridgehead atoms. The Morgan fingerprint density at radius 2 is 2.21 bits per heavy atom. The molecular formula is C10H13IN2O6. The van der Waals surface area contributed by atoms with Gasteiger partial charge in [0.05, 0.1) is 6.61 Å². The molecule has 2 heterocycles. The molecule has 1 saturated heterocycles. The summed E-state index contributed by atoms with van der Waals surface area (Å²) < 4.78 is 4.55. The van der Waals surface area contributed by atoms with E-state index in [4.69, 9.17) is 9.84 Å². The summed E-state index contributed by atoms with van der Waals surface area (Å²) >= 11 is 1.56. The predicted molar refractivity (Wildman–Crippen MR) is 72.0 cm³/mol. The standard InChI is InChI=1S/C10H13IN2O6/c1-4-2-13(9(17)12-7(4)16)8-6(15)10(11,18)5(3-14)19-8/h2,5-6,8,14-15,18H,3H2,1H3,(H,12,16,17)/t5-,6+,8-,10-/m1/s1. The molecule has 1 aromatic rings. The van der Waals surface area contributed by atoms with Gasteiger partial charge in [-0.3, -0.25) is 14.3 Å². The lowest BCUT2D eigenvalue weighted by atomic mass is 10.1. The number of hydrogen-bond acceptors (Lipinski definition) is 6. The lowest BCUT2D eigenvalue weighted by Crippen LogP contribution is -2.44. The van der Waals surface area contributed by atoms with Crippen LogP contribution in [0.4, 0.5) is 0 Å². The van der Waals surface area contributed by atoms with E-state index in [9.17, 15) is 19.8 Å². The zero-order valence-corrected chi connectivity index (χ0v) is 12.1. The van der Waals surface area contributed by atoms with Crippen molar-refractivity contribution in [2.75, 3.05) is 6.61 Å². The number of aliphatic hydroxyl groups is 3. The molecule has 2 rings (SSSR count). The van der Waals surface area contributed by atoms with E-state index in [0.717, 1.165) is 4.57 Å². The second-order valence-electron chi connectivity index (χ2n) is 4.35. The van der Waals surface area contributed by atoms with E-state index in [0.29, 0.717) is 0 Å². The van der Waals surface area contributed by atoms with Gasteiger partial charge in [0, 0.05) is 11.8 Å². The van der Waals surface area contributed by atoms with E-state index in [1.165, 1.54) is 13.1 Å². The highest BCUT2D eigenvalue weighted by molar-refractivity contribution is 14.1. The van der Waals surface area contributed by atoms with Crippen molar-refractivity contribution in [1.29, 1.82) is 0 Å². The van der Waals surface area contributed by atoms with Crippen molar-refractivity contribution in [3.8, 4) is 0 Å². The molecule has 0 amide bonds. The summed E-state index contributed by atoms with van der Waals surface area (Å²) in [5.74, 6) is 0. The average Bonchev–Trinajstić information content (AvgIpc) is 2.56. The number of aliphatic hydroxyl groups excluding tert-OH is 2. The summed E-state index contributed by atoms with van der Waals surface area (Å²) in [6.45, 7) is 0.986. The minimum atomic E-state index is -1.72. The number of aromatic nitrogens is 2. The van der Waals surface area contributed by atoms with Crippen molar-refractivity contribution in [3.63, 3.8) is 0 Å². The second-order valence-corrected chi connectivity index (χ2v) is 6.08. The smallest absolute Gasteiger partial charge is 0.330 e. The number of aromatic amines is 1. The first-order valence-corrected chi connectivity index (χ1v) is 6.54. The van der Waals surface area contributed by atoms with Crippen molar-refractivity contribution in [3.05, 3.63) is 32.6 Å². The molecule has 0 spiro atoms. The van der Waals surface area contributed by atoms with E-state index < -0.39 is 39.9 Å². The van der Waals surface area contributed by atoms with Crippen LogP contribution in [0.1, 0.15) is 11.8 Å². The lowest BCUT2D eigenvalue weighted by Gasteiger charge is -2.23. The number of nitrogens with one attached hydrogen (secondary N) is 1. The van der Waals surface area contributed by atoms with Gasteiger partial charge in [0.2, 0.25) is 0 Å². The third-order valence-corrected chi connectivity index (χ3v) is 4.36. The minimum Gasteiger partial charge on any atom is -0.394 e. The molecule has 0 saturated carbocycles. The fourth-order valence-corrected chi connectivity index (χ4v) is 2.54. The monoisotopic (exact) mass is 384 g/mol. The van der Waals surface area contributed by atoms with Gasteiger partial charge in [-0.15, -0.1) is 0 Å². The third-order valence-electron chi connectivity index (χ3n) is 3.03. The van der Waals surface area contributed by atoms with Crippen LogP contribution in [0, 0.1) is 6.92 Å². The number of H-pyrrole nitrogens is 1. The first-order valence-electron chi connectivity index (χ1n) is 5.46. The average molecular weight is 384 g/mol. The summed E-state index contributed by atoms with van der Waals surface area (Å²) in [5.41, 5.74) is -1.03. The maximum Gasteiger partial charge on any atom is 0.330 e. The van der Waals surface area contributed by atoms with Gasteiger partial charge in [0.1, 0.15) is 12.2 Å². The Hall–Kier alpha value is -0.750. The normalized spacial score (nSPS) is 34.7. The Morgan fingerprint density at radius 1 is 1.58 bits per heavy atom. The molecule has 1 fully saturated rings. The van der Waals surface area contributed by atoms with Gasteiger partial charge in [-0.2, -0.15) is 0 Å². The van der Waals surface area contributed by atoms with Crippen LogP contribution in [0.25, 0.3) is 0 Å². The number of aryl methyl sites for hydroxylation is 1. The molecule has 1 aliphatic rings. The molecule has 8 nitrogen and oxygen atoms in total. The summed E-state index contributed by atoms with van der Waals surface area (Å²) in [6, 6.07) is 0. The van der Waals surface area contributed by atoms with Gasteiger partial charge in [0.25, 0.3) is 5.56 Å². The lowest BCUT2D eigenvalue weighted by molar-refractivity contribution is -0.0558. The van der Waals surface area contributed by atoms with E-state index in [1.54, 1.807) is 22.6 Å². The zero-order chi connectivity index (χ0) is 14.4. The fraction of sp³-hybridized carbons (Fsp3) is 0.600. The topological polar surface area (TPSA) is 125 Å². The fourth-order valence-electron chi connectivity index (χ4n) is 1.89. The molecule has 19 heavy (non-hydrogen) atoms. The van der Waals surface area contributed by atoms with Crippen LogP contribution in [0.15, 0.2) is 15.8 Å². The SMILES string of the molecule is Cc1cn([C@@H]2O[C@H](CO)[C@](O)(I)[C@H]2O)c(=O)[nH]c1=O. The van der Waals surface area contributed by atoms with Gasteiger partial charge in [-0.25, -0.2) is 4.79 Å².